The molecule has 2 aromatic carbocycles. The molecule has 188 valence electrons. The lowest BCUT2D eigenvalue weighted by Crippen LogP contribution is -2.07. The molecule has 0 saturated heterocycles. The molecule has 0 spiro atoms. The Kier molecular flexibility index (Phi) is 12.4. The number of nitrogens with one attached hydrogen (secondary N) is 2. The standard InChI is InChI=1S/C32H50N2/c1-3-5-7-9-11-13-15-17-19-27-21-23-29-31(25-27)34-32-26-28(22-24-30(32)33-29)20-18-16-14-12-10-8-6-4-2/h21-26,33-34H,3-20H2,1-2H3. The number of unbranched alkanes of at least 4 members (excludes halogenated alkanes) is 14. The Hall–Kier alpha value is -1.96. The molecule has 1 aliphatic heterocycles. The fraction of sp³-hybridized carbons (Fsp3) is 0.625. The smallest absolute Gasteiger partial charge is 0.0626 e. The Bertz CT molecular complexity index is 758. The van der Waals surface area contributed by atoms with E-state index in [1.165, 1.54) is 149 Å². The van der Waals surface area contributed by atoms with Gasteiger partial charge in [-0.05, 0) is 61.1 Å². The molecule has 0 fully saturated rings. The fourth-order valence-electron chi connectivity index (χ4n) is 5.13. The highest BCUT2D eigenvalue weighted by molar-refractivity contribution is 5.90. The molecule has 1 aliphatic rings. The normalized spacial score (nSPS) is 12.1. The minimum atomic E-state index is 1.19. The Balaban J connectivity index is 1.39. The van der Waals surface area contributed by atoms with E-state index in [2.05, 4.69) is 60.9 Å². The van der Waals surface area contributed by atoms with Gasteiger partial charge in [-0.15, -0.1) is 0 Å². The third kappa shape index (κ3) is 9.35. The molecule has 0 aromatic heterocycles. The molecule has 2 aromatic rings. The average molecular weight is 463 g/mol. The molecule has 0 amide bonds. The second kappa shape index (κ2) is 15.8. The molecule has 0 unspecified atom stereocenters. The minimum Gasteiger partial charge on any atom is -0.352 e. The van der Waals surface area contributed by atoms with Crippen molar-refractivity contribution in [3.8, 4) is 0 Å². The zero-order chi connectivity index (χ0) is 23.8. The summed E-state index contributed by atoms with van der Waals surface area (Å²) in [5.74, 6) is 0. The van der Waals surface area contributed by atoms with Crippen LogP contribution in [0, 0.1) is 0 Å². The first-order chi connectivity index (χ1) is 16.8. The van der Waals surface area contributed by atoms with Crippen molar-refractivity contribution in [3.05, 3.63) is 47.5 Å². The summed E-state index contributed by atoms with van der Waals surface area (Å²) in [5, 5.41) is 7.35. The molecular weight excluding hydrogens is 412 g/mol. The summed E-state index contributed by atoms with van der Waals surface area (Å²) in [5.41, 5.74) is 7.77. The number of hydrogen-bond donors (Lipinski definition) is 2. The molecule has 3 rings (SSSR count). The van der Waals surface area contributed by atoms with Crippen LogP contribution in [-0.2, 0) is 12.8 Å². The van der Waals surface area contributed by atoms with Gasteiger partial charge in [-0.3, -0.25) is 0 Å². The van der Waals surface area contributed by atoms with Gasteiger partial charge in [0.1, 0.15) is 0 Å². The molecule has 0 bridgehead atoms. The van der Waals surface area contributed by atoms with E-state index in [1.54, 1.807) is 0 Å². The van der Waals surface area contributed by atoms with Crippen LogP contribution in [0.4, 0.5) is 22.7 Å². The molecule has 2 N–H and O–H groups in total. The second-order valence-corrected chi connectivity index (χ2v) is 10.5. The summed E-state index contributed by atoms with van der Waals surface area (Å²) >= 11 is 0. The van der Waals surface area contributed by atoms with Crippen LogP contribution in [0.3, 0.4) is 0 Å². The third-order valence-corrected chi connectivity index (χ3v) is 7.34. The fourth-order valence-corrected chi connectivity index (χ4v) is 5.13. The average Bonchev–Trinajstić information content (AvgIpc) is 2.86. The Morgan fingerprint density at radius 1 is 0.412 bits per heavy atom. The van der Waals surface area contributed by atoms with Crippen molar-refractivity contribution in [2.24, 2.45) is 0 Å². The maximum atomic E-state index is 3.72. The molecule has 1 heterocycles. The van der Waals surface area contributed by atoms with Gasteiger partial charge in [0.25, 0.3) is 0 Å². The van der Waals surface area contributed by atoms with Crippen molar-refractivity contribution in [2.45, 2.75) is 129 Å². The molecule has 34 heavy (non-hydrogen) atoms. The summed E-state index contributed by atoms with van der Waals surface area (Å²) in [6.45, 7) is 4.58. The van der Waals surface area contributed by atoms with Crippen LogP contribution in [-0.4, -0.2) is 0 Å². The van der Waals surface area contributed by atoms with Crippen molar-refractivity contribution < 1.29 is 0 Å². The summed E-state index contributed by atoms with van der Waals surface area (Å²) < 4.78 is 0. The molecule has 0 saturated carbocycles. The van der Waals surface area contributed by atoms with Gasteiger partial charge in [-0.1, -0.05) is 116 Å². The lowest BCUT2D eigenvalue weighted by atomic mass is 10.0. The van der Waals surface area contributed by atoms with Crippen molar-refractivity contribution in [1.29, 1.82) is 0 Å². The largest absolute Gasteiger partial charge is 0.352 e. The van der Waals surface area contributed by atoms with Gasteiger partial charge in [-0.25, -0.2) is 0 Å². The Morgan fingerprint density at radius 2 is 0.765 bits per heavy atom. The SMILES string of the molecule is CCCCCCCCCCc1ccc2c(c1)Nc1cc(CCCCCCCCCC)ccc1N2. The molecule has 0 atom stereocenters. The minimum absolute atomic E-state index is 1.19. The highest BCUT2D eigenvalue weighted by Crippen LogP contribution is 2.39. The van der Waals surface area contributed by atoms with Gasteiger partial charge in [0.2, 0.25) is 0 Å². The van der Waals surface area contributed by atoms with Crippen LogP contribution < -0.4 is 10.6 Å². The van der Waals surface area contributed by atoms with E-state index in [0.29, 0.717) is 0 Å². The highest BCUT2D eigenvalue weighted by Gasteiger charge is 2.15. The molecule has 2 heteroatoms. The van der Waals surface area contributed by atoms with E-state index in [9.17, 15) is 0 Å². The lowest BCUT2D eigenvalue weighted by molar-refractivity contribution is 0.575. The second-order valence-electron chi connectivity index (χ2n) is 10.5. The maximum absolute atomic E-state index is 3.72. The van der Waals surface area contributed by atoms with E-state index in [1.807, 2.05) is 0 Å². The van der Waals surface area contributed by atoms with Crippen LogP contribution in [0.5, 0.6) is 0 Å². The molecule has 2 nitrogen and oxygen atoms in total. The number of anilines is 4. The van der Waals surface area contributed by atoms with Gasteiger partial charge < -0.3 is 10.6 Å². The van der Waals surface area contributed by atoms with Crippen molar-refractivity contribution >= 4 is 22.7 Å². The van der Waals surface area contributed by atoms with Crippen LogP contribution in [0.1, 0.15) is 128 Å². The first-order valence-corrected chi connectivity index (χ1v) is 14.6. The zero-order valence-electron chi connectivity index (χ0n) is 22.2. The van der Waals surface area contributed by atoms with Crippen molar-refractivity contribution in [1.82, 2.24) is 0 Å². The predicted molar refractivity (Wildman–Crippen MR) is 152 cm³/mol. The Labute approximate surface area is 210 Å². The van der Waals surface area contributed by atoms with Gasteiger partial charge in [0.05, 0.1) is 22.7 Å². The molecule has 0 radical (unpaired) electrons. The summed E-state index contributed by atoms with van der Waals surface area (Å²) in [6.07, 6.45) is 24.5. The Morgan fingerprint density at radius 3 is 1.18 bits per heavy atom. The lowest BCUT2D eigenvalue weighted by Gasteiger charge is -2.24. The molecule has 0 aliphatic carbocycles. The summed E-state index contributed by atoms with van der Waals surface area (Å²) in [7, 11) is 0. The monoisotopic (exact) mass is 462 g/mol. The first kappa shape index (κ1) is 26.6. The number of fused-ring (bicyclic) bond motifs is 2. The predicted octanol–water partition coefficient (Wildman–Crippen LogP) is 10.9. The first-order valence-electron chi connectivity index (χ1n) is 14.6. The van der Waals surface area contributed by atoms with Gasteiger partial charge in [-0.2, -0.15) is 0 Å². The van der Waals surface area contributed by atoms with Crippen LogP contribution in [0.25, 0.3) is 0 Å². The van der Waals surface area contributed by atoms with Crippen molar-refractivity contribution in [3.63, 3.8) is 0 Å². The number of hydrogen-bond acceptors (Lipinski definition) is 2. The van der Waals surface area contributed by atoms with E-state index >= 15 is 0 Å². The van der Waals surface area contributed by atoms with E-state index in [-0.39, 0.29) is 0 Å². The number of aryl methyl sites for hydroxylation is 2. The summed E-state index contributed by atoms with van der Waals surface area (Å²) in [4.78, 5) is 0. The van der Waals surface area contributed by atoms with E-state index < -0.39 is 0 Å². The topological polar surface area (TPSA) is 24.1 Å². The number of benzene rings is 2. The summed E-state index contributed by atoms with van der Waals surface area (Å²) in [6, 6.07) is 13.8. The maximum Gasteiger partial charge on any atom is 0.0626 e. The van der Waals surface area contributed by atoms with Crippen LogP contribution >= 0.6 is 0 Å². The van der Waals surface area contributed by atoms with E-state index in [4.69, 9.17) is 0 Å². The number of rotatable bonds is 18. The quantitative estimate of drug-likeness (QED) is 0.184. The highest BCUT2D eigenvalue weighted by atomic mass is 15.0. The molecular formula is C32H50N2. The van der Waals surface area contributed by atoms with Gasteiger partial charge in [0.15, 0.2) is 0 Å². The van der Waals surface area contributed by atoms with Crippen LogP contribution in [0.2, 0.25) is 0 Å². The zero-order valence-corrected chi connectivity index (χ0v) is 22.2. The third-order valence-electron chi connectivity index (χ3n) is 7.34. The van der Waals surface area contributed by atoms with E-state index in [0.717, 1.165) is 0 Å². The van der Waals surface area contributed by atoms with Gasteiger partial charge >= 0.3 is 0 Å². The van der Waals surface area contributed by atoms with Crippen molar-refractivity contribution in [2.75, 3.05) is 10.6 Å². The van der Waals surface area contributed by atoms with Crippen LogP contribution in [0.15, 0.2) is 36.4 Å². The van der Waals surface area contributed by atoms with Gasteiger partial charge in [0, 0.05) is 0 Å².